The van der Waals surface area contributed by atoms with E-state index >= 15 is 0 Å². The molecule has 0 aliphatic carbocycles. The minimum absolute atomic E-state index is 0.276. The normalized spacial score (nSPS) is 9.73. The second-order valence-corrected chi connectivity index (χ2v) is 3.27. The Balaban J connectivity index is 3.21. The van der Waals surface area contributed by atoms with Crippen LogP contribution < -0.4 is 11.1 Å². The molecule has 0 atom stereocenters. The molecule has 0 aliphatic rings. The predicted molar refractivity (Wildman–Crippen MR) is 53.1 cm³/mol. The highest BCUT2D eigenvalue weighted by Gasteiger charge is 2.03. The fourth-order valence-corrected chi connectivity index (χ4v) is 1.25. The van der Waals surface area contributed by atoms with Gasteiger partial charge < -0.3 is 11.1 Å². The smallest absolute Gasteiger partial charge is 0.138 e. The Morgan fingerprint density at radius 1 is 1.55 bits per heavy atom. The molecule has 60 valence electrons. The number of halogens is 2. The van der Waals surface area contributed by atoms with Crippen LogP contribution in [-0.2, 0) is 0 Å². The third-order valence-electron chi connectivity index (χ3n) is 1.36. The molecule has 0 aromatic heterocycles. The average Bonchev–Trinajstić information content (AvgIpc) is 1.97. The van der Waals surface area contributed by atoms with Gasteiger partial charge in [-0.2, -0.15) is 0 Å². The summed E-state index contributed by atoms with van der Waals surface area (Å²) in [6.07, 6.45) is 0. The first-order valence-electron chi connectivity index (χ1n) is 3.07. The van der Waals surface area contributed by atoms with E-state index < -0.39 is 0 Å². The van der Waals surface area contributed by atoms with Crippen molar-refractivity contribution in [2.45, 2.75) is 0 Å². The van der Waals surface area contributed by atoms with E-state index in [9.17, 15) is 4.39 Å². The number of benzene rings is 1. The average molecular weight is 266 g/mol. The molecule has 0 bridgehead atoms. The van der Waals surface area contributed by atoms with E-state index in [1.54, 1.807) is 13.1 Å². The van der Waals surface area contributed by atoms with Crippen LogP contribution in [0.5, 0.6) is 0 Å². The van der Waals surface area contributed by atoms with E-state index in [0.29, 0.717) is 9.26 Å². The molecule has 0 spiro atoms. The third-order valence-corrected chi connectivity index (χ3v) is 2.19. The van der Waals surface area contributed by atoms with Gasteiger partial charge in [0.2, 0.25) is 0 Å². The van der Waals surface area contributed by atoms with Crippen molar-refractivity contribution in [3.05, 3.63) is 21.5 Å². The van der Waals surface area contributed by atoms with Crippen LogP contribution >= 0.6 is 22.6 Å². The molecule has 0 heterocycles. The van der Waals surface area contributed by atoms with E-state index in [0.717, 1.165) is 5.69 Å². The van der Waals surface area contributed by atoms with E-state index in [1.165, 1.54) is 6.07 Å². The lowest BCUT2D eigenvalue weighted by molar-refractivity contribution is 0.621. The topological polar surface area (TPSA) is 38.0 Å². The summed E-state index contributed by atoms with van der Waals surface area (Å²) < 4.78 is 13.4. The number of nitrogens with two attached hydrogens (primary N) is 1. The van der Waals surface area contributed by atoms with Crippen molar-refractivity contribution in [1.29, 1.82) is 0 Å². The highest BCUT2D eigenvalue weighted by atomic mass is 127. The zero-order valence-corrected chi connectivity index (χ0v) is 8.15. The molecule has 2 nitrogen and oxygen atoms in total. The van der Waals surface area contributed by atoms with Gasteiger partial charge in [0, 0.05) is 7.05 Å². The molecular weight excluding hydrogens is 258 g/mol. The summed E-state index contributed by atoms with van der Waals surface area (Å²) in [5.41, 5.74) is 6.69. The Labute approximate surface area is 78.1 Å². The summed E-state index contributed by atoms with van der Waals surface area (Å²) in [6, 6.07) is 2.98. The first kappa shape index (κ1) is 8.58. The zero-order valence-electron chi connectivity index (χ0n) is 5.99. The maximum Gasteiger partial charge on any atom is 0.138 e. The lowest BCUT2D eigenvalue weighted by Gasteiger charge is -2.05. The van der Waals surface area contributed by atoms with Gasteiger partial charge in [0.1, 0.15) is 5.82 Å². The van der Waals surface area contributed by atoms with Gasteiger partial charge in [-0.3, -0.25) is 0 Å². The predicted octanol–water partition coefficient (Wildman–Crippen LogP) is 2.05. The van der Waals surface area contributed by atoms with Gasteiger partial charge in [0.05, 0.1) is 14.9 Å². The van der Waals surface area contributed by atoms with E-state index in [-0.39, 0.29) is 5.82 Å². The zero-order chi connectivity index (χ0) is 8.43. The molecule has 1 aromatic carbocycles. The molecule has 1 rings (SSSR count). The number of anilines is 2. The Morgan fingerprint density at radius 2 is 2.18 bits per heavy atom. The van der Waals surface area contributed by atoms with E-state index in [1.807, 2.05) is 22.6 Å². The molecule has 4 heteroatoms. The molecule has 0 saturated heterocycles. The maximum absolute atomic E-state index is 12.8. The summed E-state index contributed by atoms with van der Waals surface area (Å²) in [5.74, 6) is -0.276. The molecule has 0 aliphatic heterocycles. The molecule has 0 saturated carbocycles. The van der Waals surface area contributed by atoms with Crippen LogP contribution in [0.15, 0.2) is 12.1 Å². The fourth-order valence-electron chi connectivity index (χ4n) is 0.779. The van der Waals surface area contributed by atoms with Gasteiger partial charge in [0.15, 0.2) is 0 Å². The monoisotopic (exact) mass is 266 g/mol. The van der Waals surface area contributed by atoms with Crippen molar-refractivity contribution in [2.24, 2.45) is 0 Å². The summed E-state index contributed by atoms with van der Waals surface area (Å²) in [4.78, 5) is 0. The van der Waals surface area contributed by atoms with Crippen molar-refractivity contribution < 1.29 is 4.39 Å². The van der Waals surface area contributed by atoms with Crippen molar-refractivity contribution in [2.75, 3.05) is 18.1 Å². The molecule has 0 radical (unpaired) electrons. The molecule has 0 fully saturated rings. The van der Waals surface area contributed by atoms with Gasteiger partial charge in [-0.05, 0) is 34.7 Å². The first-order chi connectivity index (χ1) is 5.15. The first-order valence-corrected chi connectivity index (χ1v) is 4.15. The number of nitrogen functional groups attached to an aromatic ring is 1. The Hall–Kier alpha value is -0.520. The Bertz CT molecular complexity index is 275. The number of hydrogen-bond acceptors (Lipinski definition) is 2. The second-order valence-electron chi connectivity index (χ2n) is 2.10. The van der Waals surface area contributed by atoms with Crippen LogP contribution in [0.2, 0.25) is 0 Å². The molecule has 0 amide bonds. The van der Waals surface area contributed by atoms with Gasteiger partial charge >= 0.3 is 0 Å². The number of nitrogens with one attached hydrogen (secondary N) is 1. The van der Waals surface area contributed by atoms with E-state index in [4.69, 9.17) is 5.73 Å². The van der Waals surface area contributed by atoms with E-state index in [2.05, 4.69) is 5.32 Å². The van der Waals surface area contributed by atoms with Crippen LogP contribution in [0.1, 0.15) is 0 Å². The number of hydrogen-bond donors (Lipinski definition) is 2. The van der Waals surface area contributed by atoms with Crippen LogP contribution in [-0.4, -0.2) is 7.05 Å². The quantitative estimate of drug-likeness (QED) is 0.603. The standard InChI is InChI=1S/C7H8FIN2/c1-11-7-3-5(9)4(8)2-6(7)10/h2-3,11H,10H2,1H3. The molecule has 11 heavy (non-hydrogen) atoms. The van der Waals surface area contributed by atoms with Crippen molar-refractivity contribution in [1.82, 2.24) is 0 Å². The molecule has 3 N–H and O–H groups in total. The van der Waals surface area contributed by atoms with Crippen LogP contribution in [0.25, 0.3) is 0 Å². The van der Waals surface area contributed by atoms with Crippen LogP contribution in [0.4, 0.5) is 15.8 Å². The van der Waals surface area contributed by atoms with Crippen LogP contribution in [0, 0.1) is 9.39 Å². The highest BCUT2D eigenvalue weighted by Crippen LogP contribution is 2.23. The molecule has 0 unspecified atom stereocenters. The van der Waals surface area contributed by atoms with Gasteiger partial charge in [-0.15, -0.1) is 0 Å². The second kappa shape index (κ2) is 3.25. The van der Waals surface area contributed by atoms with Crippen molar-refractivity contribution in [3.8, 4) is 0 Å². The Morgan fingerprint density at radius 3 is 2.73 bits per heavy atom. The molecular formula is C7H8FIN2. The Kier molecular flexibility index (Phi) is 2.53. The molecule has 1 aromatic rings. The summed E-state index contributed by atoms with van der Waals surface area (Å²) in [5, 5.41) is 2.87. The minimum Gasteiger partial charge on any atom is -0.397 e. The number of rotatable bonds is 1. The minimum atomic E-state index is -0.276. The van der Waals surface area contributed by atoms with Gasteiger partial charge in [-0.1, -0.05) is 0 Å². The summed E-state index contributed by atoms with van der Waals surface area (Å²) in [6.45, 7) is 0. The van der Waals surface area contributed by atoms with Crippen LogP contribution in [0.3, 0.4) is 0 Å². The SMILES string of the molecule is CNc1cc(I)c(F)cc1N. The van der Waals surface area contributed by atoms with Gasteiger partial charge in [-0.25, -0.2) is 4.39 Å². The summed E-state index contributed by atoms with van der Waals surface area (Å²) >= 11 is 1.92. The largest absolute Gasteiger partial charge is 0.397 e. The third kappa shape index (κ3) is 1.74. The summed E-state index contributed by atoms with van der Waals surface area (Å²) in [7, 11) is 1.75. The van der Waals surface area contributed by atoms with Crippen molar-refractivity contribution in [3.63, 3.8) is 0 Å². The van der Waals surface area contributed by atoms with Crippen molar-refractivity contribution >= 4 is 34.0 Å². The highest BCUT2D eigenvalue weighted by molar-refractivity contribution is 14.1. The maximum atomic E-state index is 12.8. The van der Waals surface area contributed by atoms with Gasteiger partial charge in [0.25, 0.3) is 0 Å². The lowest BCUT2D eigenvalue weighted by atomic mass is 10.2. The fraction of sp³-hybridized carbons (Fsp3) is 0.143. The lowest BCUT2D eigenvalue weighted by Crippen LogP contribution is -1.97.